The minimum Gasteiger partial charge on any atom is -0.497 e. The van der Waals surface area contributed by atoms with Crippen LogP contribution in [0.25, 0.3) is 51.8 Å². The summed E-state index contributed by atoms with van der Waals surface area (Å²) in [6.45, 7) is 5.52. The van der Waals surface area contributed by atoms with Crippen molar-refractivity contribution in [1.29, 1.82) is 0 Å². The van der Waals surface area contributed by atoms with Crippen LogP contribution < -0.4 is 20.6 Å². The Kier molecular flexibility index (Phi) is 10.2. The van der Waals surface area contributed by atoms with Gasteiger partial charge in [0, 0.05) is 35.0 Å². The van der Waals surface area contributed by atoms with E-state index in [1.807, 2.05) is 123 Å². The lowest BCUT2D eigenvalue weighted by molar-refractivity contribution is 0.415. The van der Waals surface area contributed by atoms with Crippen molar-refractivity contribution < 1.29 is 9.47 Å². The third-order valence-electron chi connectivity index (χ3n) is 8.75. The lowest BCUT2D eigenvalue weighted by atomic mass is 10.1. The van der Waals surface area contributed by atoms with Crippen molar-refractivity contribution in [2.45, 2.75) is 52.6 Å². The van der Waals surface area contributed by atoms with Gasteiger partial charge in [0.05, 0.1) is 42.3 Å². The van der Waals surface area contributed by atoms with Crippen LogP contribution in [0.1, 0.15) is 62.0 Å². The second-order valence-electron chi connectivity index (χ2n) is 12.1. The maximum absolute atomic E-state index is 13.8. The molecule has 0 saturated carbocycles. The molecule has 3 heterocycles. The first kappa shape index (κ1) is 33.3. The number of methoxy groups -OCH3 is 2. The van der Waals surface area contributed by atoms with Crippen LogP contribution in [-0.2, 0) is 13.1 Å². The lowest BCUT2D eigenvalue weighted by Gasteiger charge is -2.12. The van der Waals surface area contributed by atoms with Crippen molar-refractivity contribution in [2.75, 3.05) is 14.2 Å². The third kappa shape index (κ3) is 7.14. The number of nitrogens with zero attached hydrogens (tertiary/aromatic N) is 4. The Morgan fingerprint density at radius 3 is 1.67 bits per heavy atom. The topological polar surface area (TPSA) is 80.3 Å². The Balaban J connectivity index is 1.42. The highest BCUT2D eigenvalue weighted by atomic mass is 16.5. The summed E-state index contributed by atoms with van der Waals surface area (Å²) in [5, 5.41) is 6.78. The summed E-state index contributed by atoms with van der Waals surface area (Å²) in [6.07, 6.45) is 11.2. The molecule has 6 aromatic rings. The molecule has 0 saturated heterocycles. The maximum atomic E-state index is 13.8. The van der Waals surface area contributed by atoms with Crippen molar-refractivity contribution in [1.82, 2.24) is 18.9 Å². The molecule has 0 unspecified atom stereocenters. The largest absolute Gasteiger partial charge is 0.497 e. The molecule has 6 rings (SSSR count). The molecule has 0 aliphatic heterocycles. The number of benzene rings is 3. The minimum atomic E-state index is -0.0442. The van der Waals surface area contributed by atoms with Gasteiger partial charge in [0.25, 0.3) is 11.1 Å². The number of fused-ring (bicyclic) bond motifs is 2. The van der Waals surface area contributed by atoms with Gasteiger partial charge in [0.1, 0.15) is 11.5 Å². The first-order valence-corrected chi connectivity index (χ1v) is 16.9. The molecule has 0 atom stereocenters. The zero-order valence-corrected chi connectivity index (χ0v) is 28.6. The normalized spacial score (nSPS) is 11.8. The first-order valence-electron chi connectivity index (χ1n) is 16.9. The minimum absolute atomic E-state index is 0.0412. The summed E-state index contributed by atoms with van der Waals surface area (Å²) in [5.41, 5.74) is 5.19. The van der Waals surface area contributed by atoms with E-state index in [0.717, 1.165) is 70.4 Å². The van der Waals surface area contributed by atoms with Crippen molar-refractivity contribution in [2.24, 2.45) is 0 Å². The molecule has 3 aromatic heterocycles. The molecule has 0 fully saturated rings. The van der Waals surface area contributed by atoms with Gasteiger partial charge < -0.3 is 18.6 Å². The maximum Gasteiger partial charge on any atom is 0.258 e. The van der Waals surface area contributed by atoms with Gasteiger partial charge in [-0.25, -0.2) is 4.68 Å². The molecule has 8 heteroatoms. The fourth-order valence-corrected chi connectivity index (χ4v) is 6.09. The van der Waals surface area contributed by atoms with E-state index in [1.165, 1.54) is 0 Å². The van der Waals surface area contributed by atoms with E-state index in [-0.39, 0.29) is 11.1 Å². The quantitative estimate of drug-likeness (QED) is 0.125. The standard InChI is InChI=1S/C41H42N4O4/c1-5-7-22-43-38-20-18-36(48-3)26-31(38)24-29(40(43)46)14-16-33-28-35(45(42-33)34-12-10-9-11-13-34)17-15-30-25-32-27-37(49-4)19-21-39(32)44(41(30)47)23-8-6-2/h9-21,24-28H,5-8,22-23H2,1-4H3/b16-14+,17-15+. The van der Waals surface area contributed by atoms with Gasteiger partial charge in [-0.15, -0.1) is 0 Å². The van der Waals surface area contributed by atoms with Crippen LogP contribution in [0.4, 0.5) is 0 Å². The van der Waals surface area contributed by atoms with Gasteiger partial charge in [-0.3, -0.25) is 9.59 Å². The van der Waals surface area contributed by atoms with Gasteiger partial charge in [-0.2, -0.15) is 5.10 Å². The van der Waals surface area contributed by atoms with E-state index in [4.69, 9.17) is 14.6 Å². The molecule has 49 heavy (non-hydrogen) atoms. The molecule has 0 spiro atoms. The number of aromatic nitrogens is 4. The van der Waals surface area contributed by atoms with Crippen LogP contribution in [0, 0.1) is 0 Å². The predicted molar refractivity (Wildman–Crippen MR) is 201 cm³/mol. The van der Waals surface area contributed by atoms with Gasteiger partial charge in [-0.1, -0.05) is 44.9 Å². The van der Waals surface area contributed by atoms with E-state index in [2.05, 4.69) is 13.8 Å². The number of hydrogen-bond acceptors (Lipinski definition) is 5. The van der Waals surface area contributed by atoms with Gasteiger partial charge in [-0.05, 0) is 104 Å². The molecular weight excluding hydrogens is 612 g/mol. The highest BCUT2D eigenvalue weighted by molar-refractivity contribution is 5.86. The molecule has 0 aliphatic rings. The van der Waals surface area contributed by atoms with Crippen LogP contribution in [0.2, 0.25) is 0 Å². The smallest absolute Gasteiger partial charge is 0.258 e. The molecule has 0 radical (unpaired) electrons. The van der Waals surface area contributed by atoms with Crippen LogP contribution in [-0.4, -0.2) is 33.1 Å². The van der Waals surface area contributed by atoms with Gasteiger partial charge in [0.15, 0.2) is 0 Å². The number of pyridine rings is 2. The third-order valence-corrected chi connectivity index (χ3v) is 8.75. The molecule has 8 nitrogen and oxygen atoms in total. The van der Waals surface area contributed by atoms with Crippen LogP contribution in [0.5, 0.6) is 11.5 Å². The fourth-order valence-electron chi connectivity index (χ4n) is 6.09. The Hall–Kier alpha value is -5.63. The zero-order valence-electron chi connectivity index (χ0n) is 28.6. The van der Waals surface area contributed by atoms with Crippen molar-refractivity contribution in [3.05, 3.63) is 128 Å². The summed E-state index contributed by atoms with van der Waals surface area (Å²) in [5.74, 6) is 1.48. The predicted octanol–water partition coefficient (Wildman–Crippen LogP) is 8.46. The molecule has 250 valence electrons. The molecule has 0 bridgehead atoms. The van der Waals surface area contributed by atoms with Crippen molar-refractivity contribution in [3.63, 3.8) is 0 Å². The van der Waals surface area contributed by atoms with Crippen molar-refractivity contribution >= 4 is 46.1 Å². The number of hydrogen-bond donors (Lipinski definition) is 0. The summed E-state index contributed by atoms with van der Waals surface area (Å²) < 4.78 is 16.5. The number of rotatable bonds is 13. The number of ether oxygens (including phenoxy) is 2. The summed E-state index contributed by atoms with van der Waals surface area (Å²) in [4.78, 5) is 27.4. The second-order valence-corrected chi connectivity index (χ2v) is 12.1. The molecule has 0 N–H and O–H groups in total. The van der Waals surface area contributed by atoms with Gasteiger partial charge >= 0.3 is 0 Å². The molecule has 0 amide bonds. The van der Waals surface area contributed by atoms with Crippen LogP contribution in [0.15, 0.2) is 94.5 Å². The average molecular weight is 655 g/mol. The monoisotopic (exact) mass is 654 g/mol. The van der Waals surface area contributed by atoms with Crippen LogP contribution in [0.3, 0.4) is 0 Å². The van der Waals surface area contributed by atoms with E-state index in [1.54, 1.807) is 14.2 Å². The Morgan fingerprint density at radius 1 is 0.633 bits per heavy atom. The van der Waals surface area contributed by atoms with E-state index in [0.29, 0.717) is 29.9 Å². The summed E-state index contributed by atoms with van der Waals surface area (Å²) in [6, 6.07) is 27.2. The Labute approximate surface area is 286 Å². The number of para-hydroxylation sites is 1. The SMILES string of the molecule is CCCCn1c(=O)c(/C=C/c2cc(/C=C/c3cc4cc(OC)ccc4n(CCCC)c3=O)n(-c3ccccc3)n2)cc2cc(OC)ccc21. The average Bonchev–Trinajstić information content (AvgIpc) is 3.55. The Bertz CT molecular complexity index is 2280. The first-order chi connectivity index (χ1) is 23.9. The highest BCUT2D eigenvalue weighted by Crippen LogP contribution is 2.24. The molecular formula is C41H42N4O4. The van der Waals surface area contributed by atoms with E-state index < -0.39 is 0 Å². The zero-order chi connectivity index (χ0) is 34.3. The van der Waals surface area contributed by atoms with E-state index in [9.17, 15) is 9.59 Å². The molecule has 0 aliphatic carbocycles. The molecule has 3 aromatic carbocycles. The summed E-state index contributed by atoms with van der Waals surface area (Å²) >= 11 is 0. The number of unbranched alkanes of at least 4 members (excludes halogenated alkanes) is 2. The van der Waals surface area contributed by atoms with Crippen molar-refractivity contribution in [3.8, 4) is 17.2 Å². The van der Waals surface area contributed by atoms with Crippen LogP contribution >= 0.6 is 0 Å². The highest BCUT2D eigenvalue weighted by Gasteiger charge is 2.12. The van der Waals surface area contributed by atoms with E-state index >= 15 is 0 Å². The van der Waals surface area contributed by atoms with Gasteiger partial charge in [0.2, 0.25) is 0 Å². The fraction of sp³-hybridized carbons (Fsp3) is 0.244. The second kappa shape index (κ2) is 15.1. The lowest BCUT2D eigenvalue weighted by Crippen LogP contribution is -2.22. The summed E-state index contributed by atoms with van der Waals surface area (Å²) in [7, 11) is 3.29. The Morgan fingerprint density at radius 2 is 1.16 bits per heavy atom. The number of aryl methyl sites for hydroxylation is 2.